The molecule has 9 heteroatoms. The van der Waals surface area contributed by atoms with E-state index < -0.39 is 17.7 Å². The molecule has 0 bridgehead atoms. The number of carbonyl (C=O) groups is 1. The van der Waals surface area contributed by atoms with Crippen molar-refractivity contribution in [1.29, 1.82) is 0 Å². The number of alkyl halides is 3. The first-order valence-corrected chi connectivity index (χ1v) is 8.78. The van der Waals surface area contributed by atoms with Crippen molar-refractivity contribution >= 4 is 11.9 Å². The van der Waals surface area contributed by atoms with Crippen molar-refractivity contribution in [2.24, 2.45) is 5.92 Å². The fourth-order valence-corrected chi connectivity index (χ4v) is 3.29. The van der Waals surface area contributed by atoms with Crippen molar-refractivity contribution in [2.75, 3.05) is 24.6 Å². The summed E-state index contributed by atoms with van der Waals surface area (Å²) in [6.45, 7) is 4.28. The molecule has 0 spiro atoms. The molecule has 6 nitrogen and oxygen atoms in total. The van der Waals surface area contributed by atoms with Crippen LogP contribution in [-0.2, 0) is 6.18 Å². The van der Waals surface area contributed by atoms with Gasteiger partial charge in [0.1, 0.15) is 11.3 Å². The van der Waals surface area contributed by atoms with Gasteiger partial charge in [0.15, 0.2) is 5.69 Å². The third kappa shape index (κ3) is 4.35. The Morgan fingerprint density at radius 2 is 2.07 bits per heavy atom. The number of halogens is 3. The lowest BCUT2D eigenvalue weighted by Crippen LogP contribution is -2.25. The molecule has 28 heavy (non-hydrogen) atoms. The summed E-state index contributed by atoms with van der Waals surface area (Å²) in [7, 11) is 0. The summed E-state index contributed by atoms with van der Waals surface area (Å²) in [5.74, 6) is -1.01. The van der Waals surface area contributed by atoms with Crippen LogP contribution in [0.25, 0.3) is 0 Å². The molecular formula is C19H20F3N3O3. The maximum Gasteiger partial charge on any atom is 0.420 e. The normalized spacial score (nSPS) is 17.0. The smallest absolute Gasteiger partial charge is 0.420 e. The second-order valence-electron chi connectivity index (χ2n) is 6.86. The molecule has 2 heterocycles. The maximum absolute atomic E-state index is 13.3. The van der Waals surface area contributed by atoms with Crippen LogP contribution in [0.4, 0.5) is 19.1 Å². The lowest BCUT2D eigenvalue weighted by atomic mass is 10.1. The first-order chi connectivity index (χ1) is 13.1. The Bertz CT molecular complexity index is 886. The number of aromatic nitrogens is 2. The number of benzene rings is 1. The van der Waals surface area contributed by atoms with Crippen LogP contribution >= 0.6 is 0 Å². The molecule has 0 amide bonds. The predicted octanol–water partition coefficient (Wildman–Crippen LogP) is 3.72. The summed E-state index contributed by atoms with van der Waals surface area (Å²) in [6, 6.07) is 5.65. The predicted molar refractivity (Wildman–Crippen MR) is 95.7 cm³/mol. The van der Waals surface area contributed by atoms with Crippen LogP contribution in [0.3, 0.4) is 0 Å². The molecule has 1 aliphatic heterocycles. The summed E-state index contributed by atoms with van der Waals surface area (Å²) in [5.41, 5.74) is -0.182. The molecule has 1 N–H and O–H groups in total. The fourth-order valence-electron chi connectivity index (χ4n) is 3.29. The van der Waals surface area contributed by atoms with E-state index in [1.807, 2.05) is 4.90 Å². The molecule has 1 saturated heterocycles. The third-order valence-electron chi connectivity index (χ3n) is 4.62. The van der Waals surface area contributed by atoms with Crippen LogP contribution < -0.4 is 9.64 Å². The Morgan fingerprint density at radius 1 is 1.32 bits per heavy atom. The number of aryl methyl sites for hydroxylation is 2. The first kappa shape index (κ1) is 19.9. The number of rotatable bonds is 5. The van der Waals surface area contributed by atoms with Gasteiger partial charge in [0.05, 0.1) is 6.61 Å². The molecule has 1 unspecified atom stereocenters. The van der Waals surface area contributed by atoms with Crippen molar-refractivity contribution in [1.82, 2.24) is 9.97 Å². The number of carboxylic acid groups (broad SMARTS) is 1. The third-order valence-corrected chi connectivity index (χ3v) is 4.62. The van der Waals surface area contributed by atoms with Gasteiger partial charge >= 0.3 is 12.1 Å². The summed E-state index contributed by atoms with van der Waals surface area (Å²) in [4.78, 5) is 21.3. The maximum atomic E-state index is 13.3. The van der Waals surface area contributed by atoms with Gasteiger partial charge in [-0.1, -0.05) is 12.1 Å². The SMILES string of the molecule is Cc1cc(C(=O)O)nc(N2CCC(COc3cccc(C)c3C(F)(F)F)C2)n1. The molecule has 3 rings (SSSR count). The van der Waals surface area contributed by atoms with Crippen molar-refractivity contribution < 1.29 is 27.8 Å². The average molecular weight is 395 g/mol. The van der Waals surface area contributed by atoms with Crippen LogP contribution in [0.15, 0.2) is 24.3 Å². The lowest BCUT2D eigenvalue weighted by Gasteiger charge is -2.19. The highest BCUT2D eigenvalue weighted by Crippen LogP contribution is 2.38. The van der Waals surface area contributed by atoms with Gasteiger partial charge in [-0.3, -0.25) is 0 Å². The molecule has 1 atom stereocenters. The van der Waals surface area contributed by atoms with Crippen LogP contribution in [0, 0.1) is 19.8 Å². The molecular weight excluding hydrogens is 375 g/mol. The molecule has 2 aromatic rings. The van der Waals surface area contributed by atoms with E-state index in [0.29, 0.717) is 31.2 Å². The lowest BCUT2D eigenvalue weighted by molar-refractivity contribution is -0.139. The second kappa shape index (κ2) is 7.65. The van der Waals surface area contributed by atoms with Gasteiger partial charge in [0, 0.05) is 24.7 Å². The Kier molecular flexibility index (Phi) is 5.44. The summed E-state index contributed by atoms with van der Waals surface area (Å²) >= 11 is 0. The zero-order chi connectivity index (χ0) is 20.5. The topological polar surface area (TPSA) is 75.5 Å². The fraction of sp³-hybridized carbons (Fsp3) is 0.421. The van der Waals surface area contributed by atoms with Crippen LogP contribution in [0.2, 0.25) is 0 Å². The summed E-state index contributed by atoms with van der Waals surface area (Å²) < 4.78 is 45.4. The highest BCUT2D eigenvalue weighted by Gasteiger charge is 2.36. The van der Waals surface area contributed by atoms with Gasteiger partial charge in [-0.15, -0.1) is 0 Å². The minimum Gasteiger partial charge on any atom is -0.493 e. The zero-order valence-corrected chi connectivity index (χ0v) is 15.5. The van der Waals surface area contributed by atoms with Crippen LogP contribution in [-0.4, -0.2) is 40.7 Å². The number of ether oxygens (including phenoxy) is 1. The molecule has 150 valence electrons. The monoisotopic (exact) mass is 395 g/mol. The number of anilines is 1. The van der Waals surface area contributed by atoms with Gasteiger partial charge in [0.2, 0.25) is 5.95 Å². The Balaban J connectivity index is 1.68. The quantitative estimate of drug-likeness (QED) is 0.832. The Morgan fingerprint density at radius 3 is 2.75 bits per heavy atom. The van der Waals surface area contributed by atoms with Gasteiger partial charge in [-0.25, -0.2) is 14.8 Å². The molecule has 0 saturated carbocycles. The molecule has 1 aliphatic rings. The van der Waals surface area contributed by atoms with E-state index in [-0.39, 0.29) is 29.5 Å². The summed E-state index contributed by atoms with van der Waals surface area (Å²) in [6.07, 6.45) is -3.79. The first-order valence-electron chi connectivity index (χ1n) is 8.78. The van der Waals surface area contributed by atoms with Gasteiger partial charge in [-0.2, -0.15) is 13.2 Å². The van der Waals surface area contributed by atoms with Gasteiger partial charge in [-0.05, 0) is 38.0 Å². The molecule has 1 aromatic carbocycles. The zero-order valence-electron chi connectivity index (χ0n) is 15.5. The minimum atomic E-state index is -4.48. The minimum absolute atomic E-state index is 0.0148. The van der Waals surface area contributed by atoms with Crippen molar-refractivity contribution in [3.05, 3.63) is 46.8 Å². The van der Waals surface area contributed by atoms with E-state index >= 15 is 0 Å². The number of hydrogen-bond acceptors (Lipinski definition) is 5. The van der Waals surface area contributed by atoms with Crippen LogP contribution in [0.1, 0.15) is 33.7 Å². The van der Waals surface area contributed by atoms with E-state index in [4.69, 9.17) is 9.84 Å². The molecule has 1 aromatic heterocycles. The molecule has 0 aliphatic carbocycles. The Hall–Kier alpha value is -2.84. The number of hydrogen-bond donors (Lipinski definition) is 1. The highest BCUT2D eigenvalue weighted by molar-refractivity contribution is 5.85. The highest BCUT2D eigenvalue weighted by atomic mass is 19.4. The Labute approximate surface area is 160 Å². The molecule has 1 fully saturated rings. The van der Waals surface area contributed by atoms with Crippen LogP contribution in [0.5, 0.6) is 5.75 Å². The largest absolute Gasteiger partial charge is 0.493 e. The number of carboxylic acids is 1. The van der Waals surface area contributed by atoms with Crippen molar-refractivity contribution in [3.63, 3.8) is 0 Å². The van der Waals surface area contributed by atoms with E-state index in [9.17, 15) is 18.0 Å². The van der Waals surface area contributed by atoms with Crippen molar-refractivity contribution in [2.45, 2.75) is 26.4 Å². The standard InChI is InChI=1S/C19H20F3N3O3/c1-11-4-3-5-15(16(11)19(20,21)22)28-10-13-6-7-25(9-13)18-23-12(2)8-14(24-18)17(26)27/h3-5,8,13H,6-7,9-10H2,1-2H3,(H,26,27). The summed E-state index contributed by atoms with van der Waals surface area (Å²) in [5, 5.41) is 9.13. The van der Waals surface area contributed by atoms with E-state index in [2.05, 4.69) is 9.97 Å². The average Bonchev–Trinajstić information content (AvgIpc) is 3.07. The van der Waals surface area contributed by atoms with E-state index in [1.54, 1.807) is 6.92 Å². The second-order valence-corrected chi connectivity index (χ2v) is 6.86. The van der Waals surface area contributed by atoms with E-state index in [0.717, 1.165) is 0 Å². The number of nitrogens with zero attached hydrogens (tertiary/aromatic N) is 3. The van der Waals surface area contributed by atoms with E-state index in [1.165, 1.54) is 31.2 Å². The van der Waals surface area contributed by atoms with Crippen molar-refractivity contribution in [3.8, 4) is 5.75 Å². The van der Waals surface area contributed by atoms with Gasteiger partial charge in [0.25, 0.3) is 0 Å². The number of aromatic carboxylic acids is 1. The van der Waals surface area contributed by atoms with Gasteiger partial charge < -0.3 is 14.7 Å². The molecule has 0 radical (unpaired) electrons.